The maximum absolute atomic E-state index is 11.4. The van der Waals surface area contributed by atoms with E-state index in [1.54, 1.807) is 0 Å². The normalized spacial score (nSPS) is 28.5. The first-order valence-electron chi connectivity index (χ1n) is 4.96. The molecule has 0 aromatic rings. The molecule has 82 valence electrons. The molecule has 0 bridgehead atoms. The third-order valence-electron chi connectivity index (χ3n) is 2.63. The summed E-state index contributed by atoms with van der Waals surface area (Å²) in [4.78, 5) is 33.7. The number of carbonyl (C=O) groups excluding carboxylic acids is 3. The van der Waals surface area contributed by atoms with E-state index in [2.05, 4.69) is 10.6 Å². The highest BCUT2D eigenvalue weighted by Gasteiger charge is 2.41. The van der Waals surface area contributed by atoms with Crippen LogP contribution in [0.15, 0.2) is 0 Å². The van der Waals surface area contributed by atoms with Crippen molar-refractivity contribution in [3.63, 3.8) is 0 Å². The van der Waals surface area contributed by atoms with Crippen molar-refractivity contribution < 1.29 is 19.1 Å². The molecule has 1 atom stereocenters. The predicted octanol–water partition coefficient (Wildman–Crippen LogP) is -0.462. The second-order valence-corrected chi connectivity index (χ2v) is 3.69. The van der Waals surface area contributed by atoms with E-state index in [9.17, 15) is 14.4 Å². The van der Waals surface area contributed by atoms with Gasteiger partial charge in [0.05, 0.1) is 6.10 Å². The first-order chi connectivity index (χ1) is 7.18. The zero-order valence-corrected chi connectivity index (χ0v) is 8.12. The molecule has 1 unspecified atom stereocenters. The number of hydrogen-bond acceptors (Lipinski definition) is 4. The van der Waals surface area contributed by atoms with E-state index >= 15 is 0 Å². The average molecular weight is 212 g/mol. The van der Waals surface area contributed by atoms with Crippen LogP contribution >= 0.6 is 0 Å². The zero-order valence-electron chi connectivity index (χ0n) is 8.12. The number of urea groups is 1. The topological polar surface area (TPSA) is 84.5 Å². The van der Waals surface area contributed by atoms with Crippen molar-refractivity contribution in [2.45, 2.75) is 25.4 Å². The van der Waals surface area contributed by atoms with Crippen LogP contribution in [-0.2, 0) is 14.3 Å². The second-order valence-electron chi connectivity index (χ2n) is 3.69. The summed E-state index contributed by atoms with van der Waals surface area (Å²) in [6.07, 6.45) is 2.17. The van der Waals surface area contributed by atoms with Crippen molar-refractivity contribution >= 4 is 17.8 Å². The van der Waals surface area contributed by atoms with Gasteiger partial charge in [-0.05, 0) is 19.3 Å². The lowest BCUT2D eigenvalue weighted by Gasteiger charge is -2.30. The van der Waals surface area contributed by atoms with Gasteiger partial charge in [-0.25, -0.2) is 4.79 Å². The van der Waals surface area contributed by atoms with Crippen LogP contribution in [0.25, 0.3) is 0 Å². The largest absolute Gasteiger partial charge is 0.377 e. The van der Waals surface area contributed by atoms with Crippen LogP contribution in [0, 0.1) is 5.92 Å². The number of nitrogens with one attached hydrogen (secondary N) is 2. The Morgan fingerprint density at radius 3 is 2.27 bits per heavy atom. The van der Waals surface area contributed by atoms with Crippen LogP contribution in [-0.4, -0.2) is 30.6 Å². The van der Waals surface area contributed by atoms with Gasteiger partial charge in [0.25, 0.3) is 0 Å². The van der Waals surface area contributed by atoms with Gasteiger partial charge in [-0.15, -0.1) is 0 Å². The van der Waals surface area contributed by atoms with Crippen molar-refractivity contribution in [2.24, 2.45) is 5.92 Å². The van der Waals surface area contributed by atoms with Gasteiger partial charge in [0.2, 0.25) is 11.8 Å². The van der Waals surface area contributed by atoms with Crippen molar-refractivity contribution in [1.82, 2.24) is 10.6 Å². The lowest BCUT2D eigenvalue weighted by Crippen LogP contribution is -2.59. The fourth-order valence-corrected chi connectivity index (χ4v) is 1.90. The summed E-state index contributed by atoms with van der Waals surface area (Å²) >= 11 is 0. The number of barbiturate groups is 1. The number of hydrogen-bond donors (Lipinski definition) is 2. The van der Waals surface area contributed by atoms with E-state index in [1.807, 2.05) is 0 Å². The molecule has 2 aliphatic rings. The number of ether oxygens (including phenoxy) is 1. The van der Waals surface area contributed by atoms with Gasteiger partial charge in [-0.2, -0.15) is 0 Å². The minimum atomic E-state index is -0.886. The van der Waals surface area contributed by atoms with E-state index in [0.717, 1.165) is 12.8 Å². The zero-order chi connectivity index (χ0) is 10.8. The molecule has 0 aromatic heterocycles. The van der Waals surface area contributed by atoms with Gasteiger partial charge in [-0.1, -0.05) is 0 Å². The van der Waals surface area contributed by atoms with Gasteiger partial charge in [-0.3, -0.25) is 20.2 Å². The Kier molecular flexibility index (Phi) is 2.68. The Balaban J connectivity index is 2.09. The van der Waals surface area contributed by atoms with Crippen LogP contribution in [0.3, 0.4) is 0 Å². The van der Waals surface area contributed by atoms with Crippen LogP contribution in [0.4, 0.5) is 4.79 Å². The molecule has 2 fully saturated rings. The molecular formula is C9H12N2O4. The lowest BCUT2D eigenvalue weighted by molar-refractivity contribution is -0.144. The number of rotatable bonds is 1. The Hall–Kier alpha value is -1.43. The summed E-state index contributed by atoms with van der Waals surface area (Å²) in [7, 11) is 0. The summed E-state index contributed by atoms with van der Waals surface area (Å²) in [5.41, 5.74) is 0. The molecule has 0 saturated carbocycles. The van der Waals surface area contributed by atoms with Gasteiger partial charge in [0, 0.05) is 6.61 Å². The van der Waals surface area contributed by atoms with Crippen LogP contribution in [0.1, 0.15) is 19.3 Å². The van der Waals surface area contributed by atoms with E-state index < -0.39 is 29.9 Å². The van der Waals surface area contributed by atoms with E-state index in [1.165, 1.54) is 0 Å². The van der Waals surface area contributed by atoms with Gasteiger partial charge >= 0.3 is 6.03 Å². The second kappa shape index (κ2) is 3.98. The van der Waals surface area contributed by atoms with E-state index in [4.69, 9.17) is 4.74 Å². The number of imide groups is 2. The highest BCUT2D eigenvalue weighted by atomic mass is 16.5. The summed E-state index contributed by atoms with van der Waals surface area (Å²) in [5.74, 6) is -2.01. The third kappa shape index (κ3) is 1.99. The smallest absolute Gasteiger partial charge is 0.328 e. The number of amides is 4. The van der Waals surface area contributed by atoms with E-state index in [0.29, 0.717) is 13.0 Å². The van der Waals surface area contributed by atoms with Crippen LogP contribution in [0.2, 0.25) is 0 Å². The molecule has 0 aromatic carbocycles. The molecule has 2 N–H and O–H groups in total. The molecule has 6 heteroatoms. The molecule has 2 rings (SSSR count). The highest BCUT2D eigenvalue weighted by molar-refractivity contribution is 6.16. The van der Waals surface area contributed by atoms with Crippen LogP contribution in [0.5, 0.6) is 0 Å². The average Bonchev–Trinajstić information content (AvgIpc) is 2.17. The molecule has 15 heavy (non-hydrogen) atoms. The highest BCUT2D eigenvalue weighted by Crippen LogP contribution is 2.21. The predicted molar refractivity (Wildman–Crippen MR) is 48.8 cm³/mol. The minimum Gasteiger partial charge on any atom is -0.377 e. The first kappa shape index (κ1) is 10.1. The Morgan fingerprint density at radius 1 is 1.07 bits per heavy atom. The molecule has 0 radical (unpaired) electrons. The summed E-state index contributed by atoms with van der Waals surface area (Å²) in [5, 5.41) is 4.13. The van der Waals surface area contributed by atoms with Crippen molar-refractivity contribution in [3.8, 4) is 0 Å². The molecule has 6 nitrogen and oxygen atoms in total. The van der Waals surface area contributed by atoms with Gasteiger partial charge < -0.3 is 4.74 Å². The maximum Gasteiger partial charge on any atom is 0.328 e. The van der Waals surface area contributed by atoms with Crippen LogP contribution < -0.4 is 10.6 Å². The molecule has 0 spiro atoms. The monoisotopic (exact) mass is 212 g/mol. The summed E-state index contributed by atoms with van der Waals surface area (Å²) in [6.45, 7) is 0.565. The Bertz CT molecular complexity index is 289. The third-order valence-corrected chi connectivity index (χ3v) is 2.63. The van der Waals surface area contributed by atoms with Gasteiger partial charge in [0.15, 0.2) is 0 Å². The molecule has 0 aliphatic carbocycles. The van der Waals surface area contributed by atoms with Gasteiger partial charge in [0.1, 0.15) is 5.92 Å². The fraction of sp³-hybridized carbons (Fsp3) is 0.667. The summed E-state index contributed by atoms with van der Waals surface area (Å²) in [6, 6.07) is -0.753. The lowest BCUT2D eigenvalue weighted by atomic mass is 9.93. The number of carbonyl (C=O) groups is 3. The minimum absolute atomic E-state index is 0.396. The maximum atomic E-state index is 11.4. The Morgan fingerprint density at radius 2 is 1.73 bits per heavy atom. The fourth-order valence-electron chi connectivity index (χ4n) is 1.90. The van der Waals surface area contributed by atoms with Crippen molar-refractivity contribution in [3.05, 3.63) is 0 Å². The summed E-state index contributed by atoms with van der Waals surface area (Å²) < 4.78 is 5.36. The van der Waals surface area contributed by atoms with Crippen molar-refractivity contribution in [2.75, 3.05) is 6.61 Å². The molecular weight excluding hydrogens is 200 g/mol. The Labute approximate surface area is 86.3 Å². The molecule has 2 aliphatic heterocycles. The molecule has 2 saturated heterocycles. The molecule has 2 heterocycles. The first-order valence-corrected chi connectivity index (χ1v) is 4.96. The SMILES string of the molecule is O=C1NC(=O)C(C2CCCCO2)C(=O)N1. The van der Waals surface area contributed by atoms with E-state index in [-0.39, 0.29) is 0 Å². The molecule has 4 amide bonds. The quantitative estimate of drug-likeness (QED) is 0.576. The van der Waals surface area contributed by atoms with Crippen molar-refractivity contribution in [1.29, 1.82) is 0 Å². The standard InChI is InChI=1S/C9H12N2O4/c12-7-6(5-3-1-2-4-15-5)8(13)11-9(14)10-7/h5-6H,1-4H2,(H2,10,11,12,13,14).